The molecule has 41 heavy (non-hydrogen) atoms. The molecule has 11 N–H and O–H groups in total. The molecule has 0 aromatic heterocycles. The van der Waals surface area contributed by atoms with Gasteiger partial charge in [-0.15, -0.1) is 0 Å². The molecule has 220 valence electrons. The number of nitrogens with one attached hydrogen (secondary N) is 3. The second-order valence-corrected chi connectivity index (χ2v) is 10.6. The molecule has 2 aromatic rings. The zero-order valence-corrected chi connectivity index (χ0v) is 23.4. The van der Waals surface area contributed by atoms with Crippen molar-refractivity contribution in [2.75, 3.05) is 6.54 Å². The lowest BCUT2D eigenvalue weighted by atomic mass is 9.76. The lowest BCUT2D eigenvalue weighted by Gasteiger charge is -2.31. The van der Waals surface area contributed by atoms with E-state index in [0.29, 0.717) is 24.0 Å². The third-order valence-electron chi connectivity index (χ3n) is 7.56. The second-order valence-electron chi connectivity index (χ2n) is 10.6. The number of amidine groups is 1. The van der Waals surface area contributed by atoms with Crippen LogP contribution in [0.15, 0.2) is 59.6 Å². The molecule has 3 rings (SSSR count). The average Bonchev–Trinajstić information content (AvgIpc) is 2.96. The van der Waals surface area contributed by atoms with E-state index in [4.69, 9.17) is 28.3 Å². The summed E-state index contributed by atoms with van der Waals surface area (Å²) in [4.78, 5) is 43.5. The van der Waals surface area contributed by atoms with Crippen LogP contribution in [0.4, 0.5) is 0 Å². The summed E-state index contributed by atoms with van der Waals surface area (Å²) >= 11 is 0. The molecule has 11 nitrogen and oxygen atoms in total. The summed E-state index contributed by atoms with van der Waals surface area (Å²) in [6, 6.07) is 14.3. The Labute approximate surface area is 241 Å². The smallest absolute Gasteiger partial charge is 0.247 e. The van der Waals surface area contributed by atoms with Crippen LogP contribution in [0.5, 0.6) is 0 Å². The monoisotopic (exact) mass is 562 g/mol. The Kier molecular flexibility index (Phi) is 11.7. The molecule has 1 saturated carbocycles. The number of amides is 3. The van der Waals surface area contributed by atoms with E-state index in [1.54, 1.807) is 36.4 Å². The average molecular weight is 563 g/mol. The maximum Gasteiger partial charge on any atom is 0.247 e. The molecular formula is C30H42N8O3. The van der Waals surface area contributed by atoms with Crippen molar-refractivity contribution in [1.82, 2.24) is 10.6 Å². The van der Waals surface area contributed by atoms with Crippen LogP contribution in [-0.2, 0) is 20.8 Å². The van der Waals surface area contributed by atoms with Crippen LogP contribution in [0.2, 0.25) is 0 Å². The minimum atomic E-state index is -1.02. The van der Waals surface area contributed by atoms with Crippen molar-refractivity contribution < 1.29 is 14.4 Å². The number of carbonyl (C=O) groups is 3. The molecule has 1 aliphatic rings. The Balaban J connectivity index is 1.81. The van der Waals surface area contributed by atoms with E-state index in [0.717, 1.165) is 37.7 Å². The van der Waals surface area contributed by atoms with Gasteiger partial charge >= 0.3 is 0 Å². The van der Waals surface area contributed by atoms with Gasteiger partial charge in [-0.1, -0.05) is 73.9 Å². The number of carbonyl (C=O) groups excluding carboxylic acids is 3. The molecule has 11 heteroatoms. The van der Waals surface area contributed by atoms with Crippen molar-refractivity contribution in [1.29, 1.82) is 5.41 Å². The van der Waals surface area contributed by atoms with Crippen molar-refractivity contribution in [3.8, 4) is 0 Å². The molecular weight excluding hydrogens is 520 g/mol. The molecule has 1 fully saturated rings. The van der Waals surface area contributed by atoms with Gasteiger partial charge in [0.2, 0.25) is 17.7 Å². The highest BCUT2D eigenvalue weighted by Gasteiger charge is 2.33. The molecule has 1 unspecified atom stereocenters. The first-order valence-corrected chi connectivity index (χ1v) is 14.1. The zero-order valence-electron chi connectivity index (χ0n) is 23.4. The summed E-state index contributed by atoms with van der Waals surface area (Å²) in [5.41, 5.74) is 24.1. The van der Waals surface area contributed by atoms with Crippen LogP contribution in [0, 0.1) is 17.2 Å². The van der Waals surface area contributed by atoms with E-state index < -0.39 is 23.9 Å². The third-order valence-corrected chi connectivity index (χ3v) is 7.56. The number of guanidine groups is 1. The second kappa shape index (κ2) is 15.4. The Morgan fingerprint density at radius 1 is 0.878 bits per heavy atom. The molecule has 0 spiro atoms. The minimum Gasteiger partial charge on any atom is -0.384 e. The molecule has 1 aliphatic carbocycles. The summed E-state index contributed by atoms with van der Waals surface area (Å²) in [5.74, 6) is -1.69. The van der Waals surface area contributed by atoms with Crippen LogP contribution in [0.1, 0.15) is 67.7 Å². The highest BCUT2D eigenvalue weighted by molar-refractivity contribution is 5.95. The molecule has 3 amide bonds. The standard InChI is InChI=1S/C30H42N8O3/c31-26(32)22-15-13-19(14-16-22)18-23(20-8-3-1-4-9-20)28(40)38-25(21-10-5-2-6-11-21)29(41)37-24(27(33)39)12-7-17-36-30(34)35/h2,5-6,10-11,13-16,20,23-25H,1,3-4,7-9,12,17-18H2,(H3,31,32)(H2,33,39)(H,37,41)(H,38,40)(H4,34,35,36)/t23-,24?,25-/m0/s1. The molecule has 0 heterocycles. The molecule has 0 bridgehead atoms. The maximum atomic E-state index is 13.9. The van der Waals surface area contributed by atoms with Gasteiger partial charge in [-0.05, 0) is 49.1 Å². The number of nitrogens with zero attached hydrogens (tertiary/aromatic N) is 1. The van der Waals surface area contributed by atoms with E-state index >= 15 is 0 Å². The minimum absolute atomic E-state index is 0.0136. The number of aliphatic imine (C=N–C) groups is 1. The number of hydrogen-bond donors (Lipinski definition) is 7. The summed E-state index contributed by atoms with van der Waals surface area (Å²) in [7, 11) is 0. The molecule has 0 aliphatic heterocycles. The first-order valence-electron chi connectivity index (χ1n) is 14.1. The van der Waals surface area contributed by atoms with Crippen molar-refractivity contribution in [2.24, 2.45) is 39.8 Å². The number of hydrogen-bond acceptors (Lipinski definition) is 5. The van der Waals surface area contributed by atoms with Crippen molar-refractivity contribution in [2.45, 2.75) is 63.5 Å². The lowest BCUT2D eigenvalue weighted by Crippen LogP contribution is -2.50. The Bertz CT molecular complexity index is 1210. The van der Waals surface area contributed by atoms with Crippen molar-refractivity contribution >= 4 is 29.5 Å². The predicted octanol–water partition coefficient (Wildman–Crippen LogP) is 1.59. The van der Waals surface area contributed by atoms with Gasteiger partial charge in [0.15, 0.2) is 5.96 Å². The van der Waals surface area contributed by atoms with Crippen LogP contribution in [-0.4, -0.2) is 42.1 Å². The van der Waals surface area contributed by atoms with Crippen LogP contribution >= 0.6 is 0 Å². The van der Waals surface area contributed by atoms with E-state index in [1.165, 1.54) is 0 Å². The summed E-state index contributed by atoms with van der Waals surface area (Å²) in [6.45, 7) is 0.289. The lowest BCUT2D eigenvalue weighted by molar-refractivity contribution is -0.134. The zero-order chi connectivity index (χ0) is 29.8. The van der Waals surface area contributed by atoms with E-state index in [2.05, 4.69) is 15.6 Å². The highest BCUT2D eigenvalue weighted by Crippen LogP contribution is 2.33. The largest absolute Gasteiger partial charge is 0.384 e. The number of rotatable bonds is 14. The topological polar surface area (TPSA) is 216 Å². The molecule has 2 aromatic carbocycles. The maximum absolute atomic E-state index is 13.9. The first kappa shape index (κ1) is 31.1. The van der Waals surface area contributed by atoms with Gasteiger partial charge < -0.3 is 33.6 Å². The summed E-state index contributed by atoms with van der Waals surface area (Å²) in [6.07, 6.45) is 6.30. The quantitative estimate of drug-likeness (QED) is 0.103. The number of nitrogen functional groups attached to an aromatic ring is 1. The number of benzene rings is 2. The summed E-state index contributed by atoms with van der Waals surface area (Å²) in [5, 5.41) is 13.4. The third kappa shape index (κ3) is 9.63. The first-order chi connectivity index (χ1) is 19.7. The summed E-state index contributed by atoms with van der Waals surface area (Å²) < 4.78 is 0. The predicted molar refractivity (Wildman–Crippen MR) is 160 cm³/mol. The van der Waals surface area contributed by atoms with Crippen molar-refractivity contribution in [3.05, 3.63) is 71.3 Å². The SMILES string of the molecule is N=C(N)c1ccc(C[C@H](C(=O)N[C@H](C(=O)NC(CCCN=C(N)N)C(N)=O)c2ccccc2)C2CCCCC2)cc1. The fourth-order valence-corrected chi connectivity index (χ4v) is 5.32. The molecule has 0 saturated heterocycles. The highest BCUT2D eigenvalue weighted by atomic mass is 16.2. The van der Waals surface area contributed by atoms with Crippen molar-refractivity contribution in [3.63, 3.8) is 0 Å². The van der Waals surface area contributed by atoms with Crippen LogP contribution < -0.4 is 33.6 Å². The van der Waals surface area contributed by atoms with E-state index in [-0.39, 0.29) is 42.5 Å². The fraction of sp³-hybridized carbons (Fsp3) is 0.433. The van der Waals surface area contributed by atoms with E-state index in [1.807, 2.05) is 18.2 Å². The van der Waals surface area contributed by atoms with Gasteiger partial charge in [0.25, 0.3) is 0 Å². The van der Waals surface area contributed by atoms with Gasteiger partial charge in [0.1, 0.15) is 17.9 Å². The Morgan fingerprint density at radius 3 is 2.12 bits per heavy atom. The van der Waals surface area contributed by atoms with Crippen LogP contribution in [0.3, 0.4) is 0 Å². The van der Waals surface area contributed by atoms with Gasteiger partial charge in [-0.25, -0.2) is 0 Å². The van der Waals surface area contributed by atoms with Gasteiger partial charge in [0.05, 0.1) is 0 Å². The number of primary amides is 1. The fourth-order valence-electron chi connectivity index (χ4n) is 5.32. The van der Waals surface area contributed by atoms with Gasteiger partial charge in [-0.3, -0.25) is 24.8 Å². The Morgan fingerprint density at radius 2 is 1.54 bits per heavy atom. The molecule has 3 atom stereocenters. The normalized spacial score (nSPS) is 15.6. The molecule has 0 radical (unpaired) electrons. The van der Waals surface area contributed by atoms with Gasteiger partial charge in [0, 0.05) is 18.0 Å². The Hall–Kier alpha value is -4.41. The van der Waals surface area contributed by atoms with Crippen LogP contribution in [0.25, 0.3) is 0 Å². The number of nitrogens with two attached hydrogens (primary N) is 4. The van der Waals surface area contributed by atoms with Gasteiger partial charge in [-0.2, -0.15) is 0 Å². The van der Waals surface area contributed by atoms with E-state index in [9.17, 15) is 14.4 Å².